The molecule has 0 aromatic carbocycles. The second-order valence-electron chi connectivity index (χ2n) is 6.48. The second-order valence-corrected chi connectivity index (χ2v) is 6.48. The lowest BCUT2D eigenvalue weighted by atomic mass is 10.1. The molecule has 0 unspecified atom stereocenters. The summed E-state index contributed by atoms with van der Waals surface area (Å²) in [7, 11) is 2.02. The van der Waals surface area contributed by atoms with Gasteiger partial charge in [0.15, 0.2) is 5.76 Å². The van der Waals surface area contributed by atoms with Crippen molar-refractivity contribution in [2.45, 2.75) is 59.0 Å². The zero-order chi connectivity index (χ0) is 15.7. The fraction of sp³-hybridized carbons (Fsp3) is 0.647. The standard InChI is InChI=1S/C17H26N4O/c1-12-10-17(22-19-12)16-8-6-5-7-9-21(16)11-15-13(2)18-20(4)14(15)3/h10,16H,5-9,11H2,1-4H3/t16-/m0/s1. The summed E-state index contributed by atoms with van der Waals surface area (Å²) >= 11 is 0. The molecule has 1 atom stereocenters. The number of hydrogen-bond acceptors (Lipinski definition) is 4. The van der Waals surface area contributed by atoms with E-state index in [1.54, 1.807) is 0 Å². The van der Waals surface area contributed by atoms with E-state index in [1.807, 2.05) is 18.7 Å². The van der Waals surface area contributed by atoms with Crippen LogP contribution in [0.3, 0.4) is 0 Å². The van der Waals surface area contributed by atoms with E-state index in [-0.39, 0.29) is 0 Å². The van der Waals surface area contributed by atoms with E-state index in [4.69, 9.17) is 4.52 Å². The lowest BCUT2D eigenvalue weighted by molar-refractivity contribution is 0.159. The van der Waals surface area contributed by atoms with Crippen molar-refractivity contribution in [1.82, 2.24) is 19.8 Å². The van der Waals surface area contributed by atoms with E-state index >= 15 is 0 Å². The van der Waals surface area contributed by atoms with Crippen LogP contribution in [0.25, 0.3) is 0 Å². The number of likely N-dealkylation sites (tertiary alicyclic amines) is 1. The van der Waals surface area contributed by atoms with Crippen molar-refractivity contribution in [3.05, 3.63) is 34.5 Å². The highest BCUT2D eigenvalue weighted by Gasteiger charge is 2.27. The van der Waals surface area contributed by atoms with Gasteiger partial charge in [0.05, 0.1) is 17.4 Å². The molecule has 3 rings (SSSR count). The third kappa shape index (κ3) is 2.95. The highest BCUT2D eigenvalue weighted by Crippen LogP contribution is 2.32. The van der Waals surface area contributed by atoms with Gasteiger partial charge in [-0.1, -0.05) is 18.0 Å². The molecule has 120 valence electrons. The van der Waals surface area contributed by atoms with Crippen molar-refractivity contribution in [2.75, 3.05) is 6.54 Å². The molecule has 2 aromatic rings. The smallest absolute Gasteiger partial charge is 0.154 e. The Kier molecular flexibility index (Phi) is 4.34. The normalized spacial score (nSPS) is 20.3. The van der Waals surface area contributed by atoms with Crippen LogP contribution < -0.4 is 0 Å². The number of nitrogens with zero attached hydrogens (tertiary/aromatic N) is 4. The number of rotatable bonds is 3. The first kappa shape index (κ1) is 15.3. The molecule has 0 bridgehead atoms. The van der Waals surface area contributed by atoms with Crippen LogP contribution >= 0.6 is 0 Å². The van der Waals surface area contributed by atoms with Crippen LogP contribution in [-0.2, 0) is 13.6 Å². The summed E-state index contributed by atoms with van der Waals surface area (Å²) in [4.78, 5) is 2.55. The Balaban J connectivity index is 1.87. The first-order chi connectivity index (χ1) is 10.6. The van der Waals surface area contributed by atoms with Gasteiger partial charge >= 0.3 is 0 Å². The Morgan fingerprint density at radius 3 is 2.68 bits per heavy atom. The Bertz CT molecular complexity index is 643. The zero-order valence-corrected chi connectivity index (χ0v) is 14.1. The second kappa shape index (κ2) is 6.24. The summed E-state index contributed by atoms with van der Waals surface area (Å²) in [5.74, 6) is 1.01. The van der Waals surface area contributed by atoms with Gasteiger partial charge in [0.25, 0.3) is 0 Å². The quantitative estimate of drug-likeness (QED) is 0.871. The Labute approximate surface area is 132 Å². The molecule has 5 nitrogen and oxygen atoms in total. The maximum atomic E-state index is 5.58. The summed E-state index contributed by atoms with van der Waals surface area (Å²) in [5, 5.41) is 8.64. The minimum Gasteiger partial charge on any atom is -0.359 e. The van der Waals surface area contributed by atoms with E-state index in [9.17, 15) is 0 Å². The molecule has 22 heavy (non-hydrogen) atoms. The van der Waals surface area contributed by atoms with E-state index < -0.39 is 0 Å². The van der Waals surface area contributed by atoms with Gasteiger partial charge in [-0.05, 0) is 40.2 Å². The average Bonchev–Trinajstić information content (AvgIpc) is 2.90. The van der Waals surface area contributed by atoms with Gasteiger partial charge in [0, 0.05) is 30.9 Å². The zero-order valence-electron chi connectivity index (χ0n) is 14.1. The third-order valence-corrected chi connectivity index (χ3v) is 4.86. The van der Waals surface area contributed by atoms with Crippen LogP contribution in [0, 0.1) is 20.8 Å². The van der Waals surface area contributed by atoms with E-state index in [2.05, 4.69) is 35.1 Å². The molecular formula is C17H26N4O. The molecule has 1 aliphatic rings. The molecule has 0 spiro atoms. The topological polar surface area (TPSA) is 47.1 Å². The van der Waals surface area contributed by atoms with Crippen LogP contribution in [0.2, 0.25) is 0 Å². The number of aromatic nitrogens is 3. The molecule has 3 heterocycles. The monoisotopic (exact) mass is 302 g/mol. The van der Waals surface area contributed by atoms with Crippen LogP contribution in [0.5, 0.6) is 0 Å². The third-order valence-electron chi connectivity index (χ3n) is 4.86. The minimum absolute atomic E-state index is 0.336. The Hall–Kier alpha value is -1.62. The number of hydrogen-bond donors (Lipinski definition) is 0. The minimum atomic E-state index is 0.336. The van der Waals surface area contributed by atoms with Crippen molar-refractivity contribution in [3.8, 4) is 0 Å². The first-order valence-corrected chi connectivity index (χ1v) is 8.22. The fourth-order valence-corrected chi connectivity index (χ4v) is 3.47. The van der Waals surface area contributed by atoms with Crippen molar-refractivity contribution in [1.29, 1.82) is 0 Å². The molecular weight excluding hydrogens is 276 g/mol. The predicted octanol–water partition coefficient (Wildman–Crippen LogP) is 3.45. The average molecular weight is 302 g/mol. The van der Waals surface area contributed by atoms with Gasteiger partial charge < -0.3 is 4.52 Å². The van der Waals surface area contributed by atoms with Gasteiger partial charge in [-0.3, -0.25) is 9.58 Å². The molecule has 0 radical (unpaired) electrons. The molecule has 0 amide bonds. The lowest BCUT2D eigenvalue weighted by Crippen LogP contribution is -2.28. The maximum Gasteiger partial charge on any atom is 0.154 e. The molecule has 0 N–H and O–H groups in total. The van der Waals surface area contributed by atoms with Crippen LogP contribution in [0.15, 0.2) is 10.6 Å². The van der Waals surface area contributed by atoms with Gasteiger partial charge in [-0.25, -0.2) is 0 Å². The van der Waals surface area contributed by atoms with Crippen LogP contribution in [-0.4, -0.2) is 26.4 Å². The van der Waals surface area contributed by atoms with E-state index in [1.165, 1.54) is 30.5 Å². The summed E-state index contributed by atoms with van der Waals surface area (Å²) in [6, 6.07) is 2.43. The van der Waals surface area contributed by atoms with E-state index in [0.717, 1.165) is 36.7 Å². The SMILES string of the molecule is Cc1cc([C@@H]2CCCCCN2Cc2c(C)nn(C)c2C)on1. The van der Waals surface area contributed by atoms with Gasteiger partial charge in [-0.15, -0.1) is 0 Å². The summed E-state index contributed by atoms with van der Waals surface area (Å²) in [5.41, 5.74) is 4.71. The predicted molar refractivity (Wildman–Crippen MR) is 85.5 cm³/mol. The fourth-order valence-electron chi connectivity index (χ4n) is 3.47. The highest BCUT2D eigenvalue weighted by atomic mass is 16.5. The van der Waals surface area contributed by atoms with Gasteiger partial charge in [0.1, 0.15) is 0 Å². The van der Waals surface area contributed by atoms with Crippen molar-refractivity contribution >= 4 is 0 Å². The highest BCUT2D eigenvalue weighted by molar-refractivity contribution is 5.24. The lowest BCUT2D eigenvalue weighted by Gasteiger charge is -2.28. The molecule has 0 aliphatic carbocycles. The summed E-state index contributed by atoms with van der Waals surface area (Å²) in [6.45, 7) is 8.30. The van der Waals surface area contributed by atoms with Crippen molar-refractivity contribution in [3.63, 3.8) is 0 Å². The molecule has 5 heteroatoms. The van der Waals surface area contributed by atoms with Crippen molar-refractivity contribution in [2.24, 2.45) is 7.05 Å². The Morgan fingerprint density at radius 1 is 1.23 bits per heavy atom. The summed E-state index contributed by atoms with van der Waals surface area (Å²) < 4.78 is 7.56. The largest absolute Gasteiger partial charge is 0.359 e. The molecule has 1 fully saturated rings. The first-order valence-electron chi connectivity index (χ1n) is 8.22. The molecule has 2 aromatic heterocycles. The van der Waals surface area contributed by atoms with Gasteiger partial charge in [0.2, 0.25) is 0 Å². The van der Waals surface area contributed by atoms with Crippen LogP contribution in [0.4, 0.5) is 0 Å². The molecule has 0 saturated carbocycles. The summed E-state index contributed by atoms with van der Waals surface area (Å²) in [6.07, 6.45) is 4.95. The van der Waals surface area contributed by atoms with Gasteiger partial charge in [-0.2, -0.15) is 5.10 Å². The molecule has 1 aliphatic heterocycles. The maximum absolute atomic E-state index is 5.58. The molecule has 1 saturated heterocycles. The number of aryl methyl sites for hydroxylation is 3. The van der Waals surface area contributed by atoms with E-state index in [0.29, 0.717) is 6.04 Å². The Morgan fingerprint density at radius 2 is 2.05 bits per heavy atom. The van der Waals surface area contributed by atoms with Crippen LogP contribution in [0.1, 0.15) is 60.1 Å². The van der Waals surface area contributed by atoms with Crippen molar-refractivity contribution < 1.29 is 4.52 Å².